The SMILES string of the molecule is CCOc1cncc(-c2ccc(C(=O)N[C@@H](CC)c3cc(NS(=O)(=O)C4CC4)ccn3)c(F)c2)n1. The molecule has 1 saturated carbocycles. The maximum atomic E-state index is 14.9. The number of hydrogen-bond donors (Lipinski definition) is 2. The molecule has 4 rings (SSSR count). The number of carbonyl (C=O) groups is 1. The van der Waals surface area contributed by atoms with Crippen molar-refractivity contribution in [3.05, 3.63) is 66.0 Å². The van der Waals surface area contributed by atoms with Crippen molar-refractivity contribution >= 4 is 21.6 Å². The molecule has 2 N–H and O–H groups in total. The fourth-order valence-electron chi connectivity index (χ4n) is 3.51. The number of hydrogen-bond acceptors (Lipinski definition) is 7. The Morgan fingerprint density at radius 1 is 1.20 bits per heavy atom. The molecule has 0 spiro atoms. The third-order valence-corrected chi connectivity index (χ3v) is 7.36. The minimum Gasteiger partial charge on any atom is -0.477 e. The summed E-state index contributed by atoms with van der Waals surface area (Å²) in [6.07, 6.45) is 6.20. The molecular formula is C24H26FN5O4S. The second-order valence-corrected chi connectivity index (χ2v) is 10.1. The lowest BCUT2D eigenvalue weighted by atomic mass is 10.1. The van der Waals surface area contributed by atoms with Gasteiger partial charge in [0.25, 0.3) is 5.91 Å². The van der Waals surface area contributed by atoms with Gasteiger partial charge in [0.2, 0.25) is 15.9 Å². The van der Waals surface area contributed by atoms with Crippen LogP contribution < -0.4 is 14.8 Å². The summed E-state index contributed by atoms with van der Waals surface area (Å²) >= 11 is 0. The van der Waals surface area contributed by atoms with Crippen LogP contribution >= 0.6 is 0 Å². The van der Waals surface area contributed by atoms with Crippen LogP contribution in [0, 0.1) is 5.82 Å². The van der Waals surface area contributed by atoms with Crippen LogP contribution in [-0.2, 0) is 10.0 Å². The largest absolute Gasteiger partial charge is 0.477 e. The third kappa shape index (κ3) is 5.91. The fourth-order valence-corrected chi connectivity index (χ4v) is 4.89. The highest BCUT2D eigenvalue weighted by atomic mass is 32.2. The summed E-state index contributed by atoms with van der Waals surface area (Å²) in [6, 6.07) is 6.79. The number of nitrogens with zero attached hydrogens (tertiary/aromatic N) is 3. The Morgan fingerprint density at radius 3 is 2.69 bits per heavy atom. The van der Waals surface area contributed by atoms with Crippen LogP contribution in [0.2, 0.25) is 0 Å². The van der Waals surface area contributed by atoms with Gasteiger partial charge in [-0.3, -0.25) is 19.5 Å². The van der Waals surface area contributed by atoms with Crippen LogP contribution in [0.4, 0.5) is 10.1 Å². The number of rotatable bonds is 10. The zero-order valence-corrected chi connectivity index (χ0v) is 20.2. The second kappa shape index (κ2) is 10.3. The van der Waals surface area contributed by atoms with Crippen LogP contribution in [0.1, 0.15) is 55.2 Å². The first-order valence-electron chi connectivity index (χ1n) is 11.3. The summed E-state index contributed by atoms with van der Waals surface area (Å²) in [5, 5.41) is 2.42. The normalized spacial score (nSPS) is 14.3. The van der Waals surface area contributed by atoms with Crippen LogP contribution in [0.3, 0.4) is 0 Å². The highest BCUT2D eigenvalue weighted by Crippen LogP contribution is 2.30. The van der Waals surface area contributed by atoms with Gasteiger partial charge in [-0.05, 0) is 50.5 Å². The molecule has 0 bridgehead atoms. The molecule has 1 fully saturated rings. The zero-order valence-electron chi connectivity index (χ0n) is 19.4. The van der Waals surface area contributed by atoms with Crippen molar-refractivity contribution in [3.8, 4) is 17.1 Å². The van der Waals surface area contributed by atoms with Crippen molar-refractivity contribution < 1.29 is 22.3 Å². The Balaban J connectivity index is 1.49. The summed E-state index contributed by atoms with van der Waals surface area (Å²) in [5.41, 5.74) is 1.59. The number of amides is 1. The van der Waals surface area contributed by atoms with E-state index < -0.39 is 27.8 Å². The molecule has 3 aromatic rings. The van der Waals surface area contributed by atoms with Gasteiger partial charge in [0.1, 0.15) is 5.82 Å². The van der Waals surface area contributed by atoms with Crippen molar-refractivity contribution in [2.45, 2.75) is 44.4 Å². The molecule has 35 heavy (non-hydrogen) atoms. The maximum Gasteiger partial charge on any atom is 0.254 e. The molecule has 2 aromatic heterocycles. The summed E-state index contributed by atoms with van der Waals surface area (Å²) in [6.45, 7) is 4.09. The van der Waals surface area contributed by atoms with Gasteiger partial charge in [0.15, 0.2) is 0 Å². The second-order valence-electron chi connectivity index (χ2n) is 8.12. The van der Waals surface area contributed by atoms with Crippen molar-refractivity contribution in [1.29, 1.82) is 0 Å². The van der Waals surface area contributed by atoms with E-state index in [0.717, 1.165) is 0 Å². The summed E-state index contributed by atoms with van der Waals surface area (Å²) in [5.74, 6) is -0.995. The van der Waals surface area contributed by atoms with Gasteiger partial charge in [0.05, 0.1) is 52.9 Å². The monoisotopic (exact) mass is 499 g/mol. The maximum absolute atomic E-state index is 14.9. The molecule has 0 saturated heterocycles. The Hall–Kier alpha value is -3.60. The zero-order chi connectivity index (χ0) is 25.0. The lowest BCUT2D eigenvalue weighted by molar-refractivity contribution is 0.0930. The van der Waals surface area contributed by atoms with E-state index in [2.05, 4.69) is 25.0 Å². The average Bonchev–Trinajstić information content (AvgIpc) is 3.69. The number of anilines is 1. The Labute approximate surface area is 203 Å². The molecule has 11 heteroatoms. The minimum absolute atomic E-state index is 0.133. The fraction of sp³-hybridized carbons (Fsp3) is 0.333. The van der Waals surface area contributed by atoms with Crippen molar-refractivity contribution in [1.82, 2.24) is 20.3 Å². The van der Waals surface area contributed by atoms with E-state index in [9.17, 15) is 17.6 Å². The van der Waals surface area contributed by atoms with Crippen LogP contribution in [0.15, 0.2) is 48.9 Å². The van der Waals surface area contributed by atoms with E-state index in [4.69, 9.17) is 4.74 Å². The molecule has 2 heterocycles. The summed E-state index contributed by atoms with van der Waals surface area (Å²) in [4.78, 5) is 25.5. The molecule has 184 valence electrons. The summed E-state index contributed by atoms with van der Waals surface area (Å²) < 4.78 is 47.3. The number of aromatic nitrogens is 3. The van der Waals surface area contributed by atoms with Gasteiger partial charge < -0.3 is 10.1 Å². The topological polar surface area (TPSA) is 123 Å². The molecule has 1 aliphatic rings. The number of sulfonamides is 1. The summed E-state index contributed by atoms with van der Waals surface area (Å²) in [7, 11) is -3.43. The third-order valence-electron chi connectivity index (χ3n) is 5.49. The number of carbonyl (C=O) groups excluding carboxylic acids is 1. The van der Waals surface area contributed by atoms with E-state index in [1.165, 1.54) is 30.7 Å². The number of ether oxygens (including phenoxy) is 1. The highest BCUT2D eigenvalue weighted by Gasteiger charge is 2.35. The molecule has 9 nitrogen and oxygen atoms in total. The Bertz CT molecular complexity index is 1330. The van der Waals surface area contributed by atoms with Crippen LogP contribution in [0.25, 0.3) is 11.3 Å². The molecule has 0 radical (unpaired) electrons. The van der Waals surface area contributed by atoms with E-state index in [-0.39, 0.29) is 10.8 Å². The first-order chi connectivity index (χ1) is 16.8. The highest BCUT2D eigenvalue weighted by molar-refractivity contribution is 7.93. The molecule has 1 aliphatic carbocycles. The van der Waals surface area contributed by atoms with E-state index >= 15 is 0 Å². The average molecular weight is 500 g/mol. The lowest BCUT2D eigenvalue weighted by Crippen LogP contribution is -2.29. The first kappa shape index (κ1) is 24.5. The Kier molecular flexibility index (Phi) is 7.25. The van der Waals surface area contributed by atoms with E-state index in [0.29, 0.717) is 54.4 Å². The van der Waals surface area contributed by atoms with Gasteiger partial charge in [-0.1, -0.05) is 13.0 Å². The lowest BCUT2D eigenvalue weighted by Gasteiger charge is -2.18. The van der Waals surface area contributed by atoms with Gasteiger partial charge in [-0.2, -0.15) is 0 Å². The minimum atomic E-state index is -3.43. The quantitative estimate of drug-likeness (QED) is 0.434. The number of benzene rings is 1. The van der Waals surface area contributed by atoms with Crippen molar-refractivity contribution in [2.75, 3.05) is 11.3 Å². The molecule has 0 aliphatic heterocycles. The molecule has 0 unspecified atom stereocenters. The standard InChI is InChI=1S/C24H26FN5O4S/c1-3-20(21-12-16(9-10-27-21)30-35(32,33)17-6-7-17)29-24(31)18-8-5-15(11-19(18)25)22-13-26-14-23(28-22)34-4-2/h5,8-14,17,20H,3-4,6-7H2,1-2H3,(H,27,30)(H,29,31)/t20-/m0/s1. The smallest absolute Gasteiger partial charge is 0.254 e. The van der Waals surface area contributed by atoms with Crippen molar-refractivity contribution in [2.24, 2.45) is 0 Å². The van der Waals surface area contributed by atoms with Gasteiger partial charge in [0, 0.05) is 11.8 Å². The predicted molar refractivity (Wildman–Crippen MR) is 129 cm³/mol. The van der Waals surface area contributed by atoms with Crippen LogP contribution in [0.5, 0.6) is 5.88 Å². The van der Waals surface area contributed by atoms with E-state index in [1.54, 1.807) is 18.2 Å². The molecule has 1 aromatic carbocycles. The molecule has 1 amide bonds. The number of nitrogens with one attached hydrogen (secondary N) is 2. The van der Waals surface area contributed by atoms with Gasteiger partial charge >= 0.3 is 0 Å². The van der Waals surface area contributed by atoms with Crippen LogP contribution in [-0.4, -0.2) is 41.1 Å². The predicted octanol–water partition coefficient (Wildman–Crippen LogP) is 3.86. The van der Waals surface area contributed by atoms with Crippen molar-refractivity contribution in [3.63, 3.8) is 0 Å². The molecular weight excluding hydrogens is 473 g/mol. The molecule has 1 atom stereocenters. The number of halogens is 1. The Morgan fingerprint density at radius 2 is 2.00 bits per heavy atom. The van der Waals surface area contributed by atoms with Gasteiger partial charge in [-0.15, -0.1) is 0 Å². The number of pyridine rings is 1. The first-order valence-corrected chi connectivity index (χ1v) is 12.9. The van der Waals surface area contributed by atoms with E-state index in [1.807, 2.05) is 13.8 Å². The van der Waals surface area contributed by atoms with Gasteiger partial charge in [-0.25, -0.2) is 17.8 Å².